The van der Waals surface area contributed by atoms with Gasteiger partial charge in [-0.15, -0.1) is 0 Å². The van der Waals surface area contributed by atoms with Crippen LogP contribution < -0.4 is 4.74 Å². The molecule has 0 radical (unpaired) electrons. The maximum absolute atomic E-state index is 11.9. The highest BCUT2D eigenvalue weighted by Crippen LogP contribution is 2.12. The molecule has 0 aliphatic rings. The average molecular weight is 315 g/mol. The second-order valence-electron chi connectivity index (χ2n) is 3.82. The molecule has 0 aromatic heterocycles. The van der Waals surface area contributed by atoms with Gasteiger partial charge in [-0.05, 0) is 42.3 Å². The van der Waals surface area contributed by atoms with E-state index >= 15 is 0 Å². The summed E-state index contributed by atoms with van der Waals surface area (Å²) in [6.07, 6.45) is 0. The highest BCUT2D eigenvalue weighted by atomic mass is 79.9. The predicted molar refractivity (Wildman–Crippen MR) is 78.3 cm³/mol. The molecule has 0 aliphatic carbocycles. The van der Waals surface area contributed by atoms with Crippen LogP contribution in [0.15, 0.2) is 53.0 Å². The van der Waals surface area contributed by atoms with Crippen LogP contribution in [-0.4, -0.2) is 12.9 Å². The van der Waals surface area contributed by atoms with Crippen molar-refractivity contribution >= 4 is 21.7 Å². The number of benzene rings is 2. The Bertz CT molecular complexity index is 648. The summed E-state index contributed by atoms with van der Waals surface area (Å²) in [5.41, 5.74) is 1.36. The van der Waals surface area contributed by atoms with E-state index in [9.17, 15) is 4.79 Å². The van der Waals surface area contributed by atoms with E-state index in [0.717, 1.165) is 15.8 Å². The minimum Gasteiger partial charge on any atom is -0.497 e. The Morgan fingerprint density at radius 2 is 1.89 bits per heavy atom. The maximum Gasteiger partial charge on any atom is 0.236 e. The van der Waals surface area contributed by atoms with E-state index in [1.54, 1.807) is 19.2 Å². The second-order valence-corrected chi connectivity index (χ2v) is 4.73. The van der Waals surface area contributed by atoms with E-state index in [2.05, 4.69) is 27.8 Å². The molecule has 94 valence electrons. The Kier molecular flexibility index (Phi) is 4.38. The van der Waals surface area contributed by atoms with Crippen molar-refractivity contribution in [3.63, 3.8) is 0 Å². The normalized spacial score (nSPS) is 9.37. The van der Waals surface area contributed by atoms with Gasteiger partial charge in [-0.25, -0.2) is 0 Å². The number of methoxy groups -OCH3 is 1. The number of hydrogen-bond donors (Lipinski definition) is 0. The zero-order valence-electron chi connectivity index (χ0n) is 10.3. The zero-order chi connectivity index (χ0) is 13.7. The quantitative estimate of drug-likeness (QED) is 0.624. The lowest BCUT2D eigenvalue weighted by molar-refractivity contribution is 0.105. The lowest BCUT2D eigenvalue weighted by atomic mass is 10.1. The molecule has 2 rings (SSSR count). The monoisotopic (exact) mass is 314 g/mol. The first-order valence-corrected chi connectivity index (χ1v) is 6.44. The molecule has 0 amide bonds. The molecule has 0 bridgehead atoms. The molecule has 0 fully saturated rings. The molecule has 0 heterocycles. The molecule has 0 saturated heterocycles. The van der Waals surface area contributed by atoms with Crippen LogP contribution in [0.1, 0.15) is 15.9 Å². The fraction of sp³-hybridized carbons (Fsp3) is 0.0625. The molecule has 0 N–H and O–H groups in total. The Hall–Kier alpha value is -2.05. The van der Waals surface area contributed by atoms with Gasteiger partial charge in [0.05, 0.1) is 7.11 Å². The van der Waals surface area contributed by atoms with E-state index < -0.39 is 0 Å². The van der Waals surface area contributed by atoms with Crippen LogP contribution in [0.2, 0.25) is 0 Å². The fourth-order valence-electron chi connectivity index (χ4n) is 1.51. The summed E-state index contributed by atoms with van der Waals surface area (Å²) in [6, 6.07) is 14.4. The Morgan fingerprint density at radius 3 is 2.53 bits per heavy atom. The van der Waals surface area contributed by atoms with E-state index in [-0.39, 0.29) is 5.78 Å². The Morgan fingerprint density at radius 1 is 1.16 bits per heavy atom. The van der Waals surface area contributed by atoms with Crippen LogP contribution in [0.5, 0.6) is 5.75 Å². The average Bonchev–Trinajstić information content (AvgIpc) is 2.45. The van der Waals surface area contributed by atoms with Gasteiger partial charge in [0, 0.05) is 15.6 Å². The molecule has 0 saturated carbocycles. The highest BCUT2D eigenvalue weighted by Gasteiger charge is 2.01. The van der Waals surface area contributed by atoms with Gasteiger partial charge in [-0.3, -0.25) is 4.79 Å². The van der Waals surface area contributed by atoms with Crippen LogP contribution in [0.3, 0.4) is 0 Å². The van der Waals surface area contributed by atoms with Crippen molar-refractivity contribution in [3.8, 4) is 17.6 Å². The third-order valence-corrected chi connectivity index (χ3v) is 2.99. The highest BCUT2D eigenvalue weighted by molar-refractivity contribution is 9.10. The molecule has 3 heteroatoms. The topological polar surface area (TPSA) is 26.3 Å². The second kappa shape index (κ2) is 6.21. The third-order valence-electron chi connectivity index (χ3n) is 2.50. The minimum atomic E-state index is -0.197. The molecule has 2 nitrogen and oxygen atoms in total. The SMILES string of the molecule is COc1ccc(C#CC(=O)c2cccc(Br)c2)cc1. The summed E-state index contributed by atoms with van der Waals surface area (Å²) in [4.78, 5) is 11.9. The number of ketones is 1. The molecule has 2 aromatic carbocycles. The van der Waals surface area contributed by atoms with Crippen molar-refractivity contribution in [3.05, 3.63) is 64.1 Å². The van der Waals surface area contributed by atoms with Gasteiger partial charge in [0.2, 0.25) is 5.78 Å². The molecule has 0 unspecified atom stereocenters. The van der Waals surface area contributed by atoms with Crippen LogP contribution in [-0.2, 0) is 0 Å². The Balaban J connectivity index is 2.16. The number of rotatable bonds is 2. The van der Waals surface area contributed by atoms with Gasteiger partial charge in [0.25, 0.3) is 0 Å². The number of carbonyl (C=O) groups excluding carboxylic acids is 1. The third kappa shape index (κ3) is 3.70. The van der Waals surface area contributed by atoms with Crippen LogP contribution in [0, 0.1) is 11.8 Å². The summed E-state index contributed by atoms with van der Waals surface area (Å²) >= 11 is 3.33. The molecule has 0 aliphatic heterocycles. The van der Waals surface area contributed by atoms with Gasteiger partial charge < -0.3 is 4.74 Å². The maximum atomic E-state index is 11.9. The van der Waals surface area contributed by atoms with Crippen molar-refractivity contribution in [1.29, 1.82) is 0 Å². The van der Waals surface area contributed by atoms with Gasteiger partial charge in [-0.2, -0.15) is 0 Å². The largest absolute Gasteiger partial charge is 0.497 e. The van der Waals surface area contributed by atoms with E-state index in [0.29, 0.717) is 5.56 Å². The van der Waals surface area contributed by atoms with E-state index in [1.807, 2.05) is 36.4 Å². The number of ether oxygens (including phenoxy) is 1. The van der Waals surface area contributed by atoms with Gasteiger partial charge in [0.15, 0.2) is 0 Å². The minimum absolute atomic E-state index is 0.197. The standard InChI is InChI=1S/C16H11BrO2/c1-19-15-8-5-12(6-9-15)7-10-16(18)13-3-2-4-14(17)11-13/h2-6,8-9,11H,1H3. The van der Waals surface area contributed by atoms with Crippen LogP contribution >= 0.6 is 15.9 Å². The summed E-state index contributed by atoms with van der Waals surface area (Å²) in [5, 5.41) is 0. The van der Waals surface area contributed by atoms with Crippen molar-refractivity contribution in [2.24, 2.45) is 0 Å². The fourth-order valence-corrected chi connectivity index (χ4v) is 1.90. The van der Waals surface area contributed by atoms with Gasteiger partial charge in [-0.1, -0.05) is 34.0 Å². The van der Waals surface area contributed by atoms with Gasteiger partial charge in [0.1, 0.15) is 5.75 Å². The first-order chi connectivity index (χ1) is 9.19. The number of hydrogen-bond acceptors (Lipinski definition) is 2. The molecule has 2 aromatic rings. The van der Waals surface area contributed by atoms with Crippen molar-refractivity contribution in [2.75, 3.05) is 7.11 Å². The number of halogens is 1. The summed E-state index contributed by atoms with van der Waals surface area (Å²) in [7, 11) is 1.61. The first-order valence-electron chi connectivity index (χ1n) is 5.65. The summed E-state index contributed by atoms with van der Waals surface area (Å²) in [5.74, 6) is 6.04. The first kappa shape index (κ1) is 13.4. The van der Waals surface area contributed by atoms with Gasteiger partial charge >= 0.3 is 0 Å². The van der Waals surface area contributed by atoms with Crippen molar-refractivity contribution < 1.29 is 9.53 Å². The molecule has 0 spiro atoms. The lowest BCUT2D eigenvalue weighted by Gasteiger charge is -1.97. The smallest absolute Gasteiger partial charge is 0.236 e. The number of carbonyl (C=O) groups is 1. The molecule has 19 heavy (non-hydrogen) atoms. The molecular weight excluding hydrogens is 304 g/mol. The Labute approximate surface area is 120 Å². The van der Waals surface area contributed by atoms with Crippen LogP contribution in [0.25, 0.3) is 0 Å². The zero-order valence-corrected chi connectivity index (χ0v) is 11.9. The van der Waals surface area contributed by atoms with E-state index in [4.69, 9.17) is 4.74 Å². The predicted octanol–water partition coefficient (Wildman–Crippen LogP) is 3.69. The van der Waals surface area contributed by atoms with Crippen molar-refractivity contribution in [1.82, 2.24) is 0 Å². The summed E-state index contributed by atoms with van der Waals surface area (Å²) in [6.45, 7) is 0. The molecule has 0 atom stereocenters. The number of Topliss-reactive ketones (excluding diaryl/α,β-unsaturated/α-hetero) is 1. The van der Waals surface area contributed by atoms with Crippen molar-refractivity contribution in [2.45, 2.75) is 0 Å². The van der Waals surface area contributed by atoms with Crippen LogP contribution in [0.4, 0.5) is 0 Å². The lowest BCUT2D eigenvalue weighted by Crippen LogP contribution is -1.94. The van der Waals surface area contributed by atoms with E-state index in [1.165, 1.54) is 0 Å². The molecular formula is C16H11BrO2. The summed E-state index contributed by atoms with van der Waals surface area (Å²) < 4.78 is 5.92.